The Morgan fingerprint density at radius 3 is 2.19 bits per heavy atom. The van der Waals surface area contributed by atoms with Crippen molar-refractivity contribution in [2.24, 2.45) is 33.5 Å². The maximum Gasteiger partial charge on any atom is 0.317 e. The van der Waals surface area contributed by atoms with Gasteiger partial charge in [-0.25, -0.2) is 4.79 Å². The van der Waals surface area contributed by atoms with Crippen LogP contribution in [0.5, 0.6) is 0 Å². The van der Waals surface area contributed by atoms with Crippen molar-refractivity contribution in [1.82, 2.24) is 10.2 Å². The maximum atomic E-state index is 15.4. The third-order valence-electron chi connectivity index (χ3n) is 14.6. The fourth-order valence-electron chi connectivity index (χ4n) is 12.0. The molecule has 3 aromatic carbocycles. The summed E-state index contributed by atoms with van der Waals surface area (Å²) in [6, 6.07) is 27.9. The summed E-state index contributed by atoms with van der Waals surface area (Å²) in [6.45, 7) is 9.21. The molecule has 0 heterocycles. The van der Waals surface area contributed by atoms with Crippen LogP contribution in [0.4, 0.5) is 4.79 Å². The van der Waals surface area contributed by atoms with Crippen molar-refractivity contribution in [3.8, 4) is 11.1 Å². The van der Waals surface area contributed by atoms with Gasteiger partial charge < -0.3 is 20.4 Å². The Morgan fingerprint density at radius 2 is 1.46 bits per heavy atom. The number of urea groups is 1. The molecular formula is C46H54N2O4. The Morgan fingerprint density at radius 1 is 0.827 bits per heavy atom. The summed E-state index contributed by atoms with van der Waals surface area (Å²) >= 11 is 0. The van der Waals surface area contributed by atoms with E-state index in [1.54, 1.807) is 4.90 Å². The lowest BCUT2D eigenvalue weighted by Gasteiger charge is -2.71. The number of amides is 2. The third kappa shape index (κ3) is 5.11. The minimum absolute atomic E-state index is 0.00667. The lowest BCUT2D eigenvalue weighted by atomic mass is 9.32. The largest absolute Gasteiger partial charge is 0.393 e. The van der Waals surface area contributed by atoms with Gasteiger partial charge >= 0.3 is 6.03 Å². The van der Waals surface area contributed by atoms with Crippen molar-refractivity contribution >= 4 is 11.8 Å². The Hall–Kier alpha value is -4.00. The molecule has 6 heteroatoms. The van der Waals surface area contributed by atoms with Crippen molar-refractivity contribution in [2.45, 2.75) is 96.9 Å². The number of aliphatic hydroxyl groups is 2. The summed E-state index contributed by atoms with van der Waals surface area (Å²) in [5.41, 5.74) is 1.67. The van der Waals surface area contributed by atoms with Gasteiger partial charge in [-0.2, -0.15) is 0 Å². The maximum absolute atomic E-state index is 15.4. The molecule has 6 nitrogen and oxygen atoms in total. The summed E-state index contributed by atoms with van der Waals surface area (Å²) in [5.74, 6) is 0.236. The van der Waals surface area contributed by atoms with Crippen LogP contribution in [0, 0.1) is 33.5 Å². The monoisotopic (exact) mass is 698 g/mol. The fourth-order valence-corrected chi connectivity index (χ4v) is 12.0. The second-order valence-corrected chi connectivity index (χ2v) is 17.5. The Bertz CT molecular complexity index is 1920. The molecule has 8 unspecified atom stereocenters. The van der Waals surface area contributed by atoms with Crippen molar-refractivity contribution in [3.05, 3.63) is 120 Å². The van der Waals surface area contributed by atoms with Crippen LogP contribution in [0.2, 0.25) is 0 Å². The number of nitrogens with zero attached hydrogens (tertiary/aromatic N) is 1. The molecule has 3 N–H and O–H groups in total. The number of rotatable bonds is 8. The molecule has 3 aromatic rings. The van der Waals surface area contributed by atoms with E-state index in [1.807, 2.05) is 86.6 Å². The second kappa shape index (κ2) is 12.6. The molecule has 8 atom stereocenters. The van der Waals surface area contributed by atoms with Gasteiger partial charge in [0, 0.05) is 40.0 Å². The number of nitrogens with one attached hydrogen (secondary N) is 1. The van der Waals surface area contributed by atoms with Crippen LogP contribution in [0.3, 0.4) is 0 Å². The van der Waals surface area contributed by atoms with Gasteiger partial charge in [-0.1, -0.05) is 117 Å². The van der Waals surface area contributed by atoms with Gasteiger partial charge in [0.15, 0.2) is 5.78 Å². The van der Waals surface area contributed by atoms with Crippen LogP contribution in [-0.4, -0.2) is 51.2 Å². The minimum atomic E-state index is -1.15. The zero-order valence-corrected chi connectivity index (χ0v) is 31.1. The highest BCUT2D eigenvalue weighted by atomic mass is 16.3. The topological polar surface area (TPSA) is 89.9 Å². The molecular weight excluding hydrogens is 645 g/mol. The second-order valence-electron chi connectivity index (χ2n) is 17.5. The Labute approximate surface area is 309 Å². The molecule has 2 amide bonds. The highest BCUT2D eigenvalue weighted by molar-refractivity contribution is 6.14. The lowest BCUT2D eigenvalue weighted by molar-refractivity contribution is -0.174. The highest BCUT2D eigenvalue weighted by Crippen LogP contribution is 2.78. The number of aliphatic hydroxyl groups excluding tert-OH is 1. The molecule has 52 heavy (non-hydrogen) atoms. The molecule has 0 saturated heterocycles. The molecule has 6 aliphatic rings. The first-order valence-corrected chi connectivity index (χ1v) is 19.5. The highest BCUT2D eigenvalue weighted by Gasteiger charge is 2.74. The third-order valence-corrected chi connectivity index (χ3v) is 14.6. The predicted molar refractivity (Wildman–Crippen MR) is 205 cm³/mol. The molecule has 2 spiro atoms. The quantitative estimate of drug-likeness (QED) is 0.162. The van der Waals surface area contributed by atoms with Crippen LogP contribution in [0.25, 0.3) is 11.1 Å². The summed E-state index contributed by atoms with van der Waals surface area (Å²) in [5, 5.41) is 27.3. The van der Waals surface area contributed by atoms with Crippen LogP contribution in [0.1, 0.15) is 88.6 Å². The summed E-state index contributed by atoms with van der Waals surface area (Å²) < 4.78 is 0. The van der Waals surface area contributed by atoms with E-state index in [9.17, 15) is 15.0 Å². The summed E-state index contributed by atoms with van der Waals surface area (Å²) in [7, 11) is 0. The van der Waals surface area contributed by atoms with E-state index in [0.29, 0.717) is 24.9 Å². The first kappa shape index (κ1) is 35.1. The molecule has 6 aliphatic carbocycles. The number of allylic oxidation sites excluding steroid dienone is 4. The Kier molecular flexibility index (Phi) is 8.46. The molecule has 0 radical (unpaired) electrons. The molecule has 0 aromatic heterocycles. The van der Waals surface area contributed by atoms with Crippen molar-refractivity contribution < 1.29 is 19.8 Å². The normalized spacial score (nSPS) is 35.7. The number of Topliss-reactive ketones (excluding diaryl/α,β-unsaturated/α-hetero) is 1. The van der Waals surface area contributed by atoms with Crippen LogP contribution >= 0.6 is 0 Å². The van der Waals surface area contributed by atoms with Gasteiger partial charge in [-0.05, 0) is 92.7 Å². The zero-order valence-electron chi connectivity index (χ0n) is 31.1. The van der Waals surface area contributed by atoms with Crippen LogP contribution < -0.4 is 5.32 Å². The standard InChI is InChI=1S/C46H54N2O4/c1-31(2)47-41(51)48(29-32-13-7-5-8-14-32)30-45(52)24-21-39-43(45,4)23-20-38-42(3)22-19-34(49)27-44(42)25-26-46(38,39)37(28-44)40(50)36-18-12-11-17-35(36)33-15-9-6-10-16-33/h5-18,25-26,28,31,34,38-39,49,52H,19-24,27,29-30H2,1-4H3,(H,47,51). The number of carbonyl (C=O) groups excluding carboxylic acids is 2. The van der Waals surface area contributed by atoms with E-state index in [0.717, 1.165) is 54.4 Å². The van der Waals surface area contributed by atoms with E-state index < -0.39 is 27.9 Å². The van der Waals surface area contributed by atoms with Gasteiger partial charge in [0.05, 0.1) is 18.2 Å². The van der Waals surface area contributed by atoms with Crippen molar-refractivity contribution in [2.75, 3.05) is 6.54 Å². The number of hydrogen-bond acceptors (Lipinski definition) is 4. The van der Waals surface area contributed by atoms with E-state index >= 15 is 4.79 Å². The number of carbonyl (C=O) groups is 2. The Balaban J connectivity index is 1.23. The molecule has 2 bridgehead atoms. The van der Waals surface area contributed by atoms with Crippen LogP contribution in [0.15, 0.2) is 109 Å². The van der Waals surface area contributed by atoms with Gasteiger partial charge in [0.25, 0.3) is 0 Å². The summed E-state index contributed by atoms with van der Waals surface area (Å²) in [6.07, 6.45) is 11.9. The number of ketones is 1. The van der Waals surface area contributed by atoms with Gasteiger partial charge in [-0.15, -0.1) is 0 Å². The summed E-state index contributed by atoms with van der Waals surface area (Å²) in [4.78, 5) is 31.0. The van der Waals surface area contributed by atoms with E-state index in [2.05, 4.69) is 49.5 Å². The SMILES string of the molecule is CC(C)NC(=O)N(Cc1ccccc1)CC1(O)CCC2C34C=CC5(C=C3C(=O)c3ccccc3-c3ccccc3)CC(O)CCC5(C)C4CCC21C. The molecule has 0 aliphatic heterocycles. The van der Waals surface area contributed by atoms with E-state index in [-0.39, 0.29) is 41.7 Å². The average Bonchev–Trinajstić information content (AvgIpc) is 3.41. The predicted octanol–water partition coefficient (Wildman–Crippen LogP) is 8.75. The van der Waals surface area contributed by atoms with Crippen molar-refractivity contribution in [3.63, 3.8) is 0 Å². The van der Waals surface area contributed by atoms with E-state index in [4.69, 9.17) is 0 Å². The number of hydrogen-bond donors (Lipinski definition) is 3. The molecule has 3 saturated carbocycles. The zero-order chi connectivity index (χ0) is 36.5. The van der Waals surface area contributed by atoms with Gasteiger partial charge in [0.1, 0.15) is 0 Å². The molecule has 272 valence electrons. The average molecular weight is 699 g/mol. The number of fused-ring (bicyclic) bond motifs is 1. The van der Waals surface area contributed by atoms with E-state index in [1.165, 1.54) is 0 Å². The fraction of sp³-hybridized carbons (Fsp3) is 0.478. The first-order chi connectivity index (χ1) is 24.9. The molecule has 3 fully saturated rings. The van der Waals surface area contributed by atoms with Gasteiger partial charge in [-0.3, -0.25) is 4.79 Å². The van der Waals surface area contributed by atoms with Gasteiger partial charge in [0.2, 0.25) is 0 Å². The smallest absolute Gasteiger partial charge is 0.317 e. The first-order valence-electron chi connectivity index (χ1n) is 19.5. The molecule has 9 rings (SSSR count). The minimum Gasteiger partial charge on any atom is -0.393 e. The van der Waals surface area contributed by atoms with Crippen molar-refractivity contribution in [1.29, 1.82) is 0 Å². The lowest BCUT2D eigenvalue weighted by Crippen LogP contribution is -2.67. The van der Waals surface area contributed by atoms with Crippen LogP contribution in [-0.2, 0) is 6.54 Å². The number of benzene rings is 3.